The van der Waals surface area contributed by atoms with Gasteiger partial charge in [-0.05, 0) is 31.1 Å². The molecule has 0 saturated heterocycles. The van der Waals surface area contributed by atoms with Crippen molar-refractivity contribution >= 4 is 14.6 Å². The van der Waals surface area contributed by atoms with Crippen molar-refractivity contribution in [1.82, 2.24) is 0 Å². The summed E-state index contributed by atoms with van der Waals surface area (Å²) in [5, 5.41) is 0.133. The quantitative estimate of drug-likeness (QED) is 0.423. The van der Waals surface area contributed by atoms with Crippen molar-refractivity contribution in [3.63, 3.8) is 0 Å². The second kappa shape index (κ2) is 5.91. The van der Waals surface area contributed by atoms with E-state index in [2.05, 4.69) is 33.9 Å². The van der Waals surface area contributed by atoms with Crippen molar-refractivity contribution in [1.29, 1.82) is 0 Å². The molecule has 0 bridgehead atoms. The minimum absolute atomic E-state index is 0.0819. The fraction of sp³-hybridized carbons (Fsp3) is 0.769. The Kier molecular flexibility index (Phi) is 5.74. The van der Waals surface area contributed by atoms with Crippen LogP contribution in [-0.4, -0.2) is 20.7 Å². The van der Waals surface area contributed by atoms with Gasteiger partial charge < -0.3 is 4.43 Å². The van der Waals surface area contributed by atoms with Gasteiger partial charge in [0.05, 0.1) is 0 Å². The van der Waals surface area contributed by atoms with E-state index in [1.165, 1.54) is 6.08 Å². The van der Waals surface area contributed by atoms with E-state index in [-0.39, 0.29) is 23.3 Å². The summed E-state index contributed by atoms with van der Waals surface area (Å²) in [6.45, 7) is 14.6. The molecule has 2 atom stereocenters. The second-order valence-electron chi connectivity index (χ2n) is 6.11. The Morgan fingerprint density at radius 1 is 1.29 bits per heavy atom. The van der Waals surface area contributed by atoms with Crippen LogP contribution in [0.15, 0.2) is 11.9 Å². The maximum Gasteiger partial charge on any atom is 0.192 e. The Morgan fingerprint density at radius 2 is 1.76 bits per heavy atom. The highest BCUT2D eigenvalue weighted by Gasteiger charge is 2.38. The molecule has 0 spiro atoms. The summed E-state index contributed by atoms with van der Waals surface area (Å²) in [7, 11) is -1.83. The van der Waals surface area contributed by atoms with E-state index in [0.717, 1.165) is 0 Å². The molecule has 0 aromatic carbocycles. The summed E-state index contributed by atoms with van der Waals surface area (Å²) in [6, 6.07) is 0. The maximum absolute atomic E-state index is 12.9. The molecule has 100 valence electrons. The summed E-state index contributed by atoms with van der Waals surface area (Å²) in [5.41, 5.74) is 0. The molecule has 0 aliphatic carbocycles. The lowest BCUT2D eigenvalue weighted by Crippen LogP contribution is -2.44. The first-order valence-electron chi connectivity index (χ1n) is 6.01. The molecule has 2 unspecified atom stereocenters. The smallest absolute Gasteiger partial charge is 0.192 e. The van der Waals surface area contributed by atoms with E-state index in [1.807, 2.05) is 13.8 Å². The van der Waals surface area contributed by atoms with Crippen molar-refractivity contribution in [2.45, 2.75) is 58.9 Å². The van der Waals surface area contributed by atoms with E-state index in [9.17, 15) is 9.18 Å². The SMILES string of the molecule is CC(/C=C(/F)C=O)C(C)O[Si](C)(C)C(C)(C)C. The van der Waals surface area contributed by atoms with E-state index >= 15 is 0 Å². The topological polar surface area (TPSA) is 26.3 Å². The molecule has 17 heavy (non-hydrogen) atoms. The third-order valence-electron chi connectivity index (χ3n) is 3.56. The minimum atomic E-state index is -1.83. The molecule has 0 N–H and O–H groups in total. The van der Waals surface area contributed by atoms with Gasteiger partial charge in [-0.15, -0.1) is 0 Å². The van der Waals surface area contributed by atoms with Crippen LogP contribution in [0, 0.1) is 5.92 Å². The normalized spacial score (nSPS) is 17.8. The largest absolute Gasteiger partial charge is 0.414 e. The molecule has 0 rings (SSSR count). The summed E-state index contributed by atoms with van der Waals surface area (Å²) in [6.07, 6.45) is 1.47. The molecular weight excluding hydrogens is 235 g/mol. The molecule has 2 nitrogen and oxygen atoms in total. The van der Waals surface area contributed by atoms with Crippen molar-refractivity contribution in [2.75, 3.05) is 0 Å². The molecular formula is C13H25FO2Si. The first-order chi connectivity index (χ1) is 7.51. The van der Waals surface area contributed by atoms with E-state index in [0.29, 0.717) is 0 Å². The summed E-state index contributed by atoms with van der Waals surface area (Å²) in [5.74, 6) is -0.822. The lowest BCUT2D eigenvalue weighted by Gasteiger charge is -2.39. The number of rotatable bonds is 5. The van der Waals surface area contributed by atoms with Crippen LogP contribution in [0.5, 0.6) is 0 Å². The number of hydrogen-bond donors (Lipinski definition) is 0. The van der Waals surface area contributed by atoms with Crippen LogP contribution in [0.1, 0.15) is 34.6 Å². The summed E-state index contributed by atoms with van der Waals surface area (Å²) >= 11 is 0. The lowest BCUT2D eigenvalue weighted by atomic mass is 10.1. The molecule has 0 aromatic rings. The van der Waals surface area contributed by atoms with Crippen molar-refractivity contribution in [2.24, 2.45) is 5.92 Å². The average Bonchev–Trinajstić information content (AvgIpc) is 2.14. The fourth-order valence-electron chi connectivity index (χ4n) is 1.17. The summed E-state index contributed by atoms with van der Waals surface area (Å²) in [4.78, 5) is 10.2. The lowest BCUT2D eigenvalue weighted by molar-refractivity contribution is -0.106. The first-order valence-corrected chi connectivity index (χ1v) is 8.92. The highest BCUT2D eigenvalue weighted by Crippen LogP contribution is 2.38. The predicted molar refractivity (Wildman–Crippen MR) is 72.2 cm³/mol. The van der Waals surface area contributed by atoms with Crippen molar-refractivity contribution in [3.8, 4) is 0 Å². The Morgan fingerprint density at radius 3 is 2.12 bits per heavy atom. The van der Waals surface area contributed by atoms with Crippen LogP contribution in [0.3, 0.4) is 0 Å². The van der Waals surface area contributed by atoms with Crippen molar-refractivity contribution in [3.05, 3.63) is 11.9 Å². The van der Waals surface area contributed by atoms with Gasteiger partial charge in [-0.2, -0.15) is 0 Å². The molecule has 0 aromatic heterocycles. The minimum Gasteiger partial charge on any atom is -0.414 e. The Bertz CT molecular complexity index is 292. The number of carbonyl (C=O) groups is 1. The summed E-state index contributed by atoms with van der Waals surface area (Å²) < 4.78 is 19.0. The highest BCUT2D eigenvalue weighted by atomic mass is 28.4. The zero-order valence-corrected chi connectivity index (χ0v) is 13.0. The highest BCUT2D eigenvalue weighted by molar-refractivity contribution is 6.74. The van der Waals surface area contributed by atoms with Crippen LogP contribution >= 0.6 is 0 Å². The molecule has 4 heteroatoms. The van der Waals surface area contributed by atoms with Crippen LogP contribution in [0.2, 0.25) is 18.1 Å². The van der Waals surface area contributed by atoms with Gasteiger partial charge in [-0.3, -0.25) is 4.79 Å². The van der Waals surface area contributed by atoms with Crippen LogP contribution in [0.25, 0.3) is 0 Å². The van der Waals surface area contributed by atoms with Gasteiger partial charge >= 0.3 is 0 Å². The second-order valence-corrected chi connectivity index (χ2v) is 10.9. The number of allylic oxidation sites excluding steroid dienone is 1. The third kappa shape index (κ3) is 5.13. The van der Waals surface area contributed by atoms with Gasteiger partial charge in [0.2, 0.25) is 0 Å². The zero-order chi connectivity index (χ0) is 13.9. The van der Waals surface area contributed by atoms with Gasteiger partial charge in [0.25, 0.3) is 0 Å². The van der Waals surface area contributed by atoms with Gasteiger partial charge in [0, 0.05) is 12.0 Å². The molecule has 0 fully saturated rings. The van der Waals surface area contributed by atoms with Gasteiger partial charge in [0.1, 0.15) is 0 Å². The molecule has 0 amide bonds. The number of carbonyl (C=O) groups excluding carboxylic acids is 1. The van der Waals surface area contributed by atoms with Gasteiger partial charge in [-0.25, -0.2) is 4.39 Å². The van der Waals surface area contributed by atoms with Crippen LogP contribution < -0.4 is 0 Å². The zero-order valence-electron chi connectivity index (χ0n) is 12.0. The molecule has 0 aliphatic rings. The molecule has 0 radical (unpaired) electrons. The predicted octanol–water partition coefficient (Wildman–Crippen LogP) is 4.09. The van der Waals surface area contributed by atoms with Crippen LogP contribution in [-0.2, 0) is 9.22 Å². The van der Waals surface area contributed by atoms with Crippen LogP contribution in [0.4, 0.5) is 4.39 Å². The van der Waals surface area contributed by atoms with Gasteiger partial charge in [-0.1, -0.05) is 27.7 Å². The maximum atomic E-state index is 12.9. The Balaban J connectivity index is 4.65. The van der Waals surface area contributed by atoms with Crippen molar-refractivity contribution < 1.29 is 13.6 Å². The standard InChI is InChI=1S/C13H25FO2Si/c1-10(8-12(14)9-15)11(2)16-17(6,7)13(3,4)5/h8-11H,1-7H3/b12-8+. The number of halogens is 1. The Labute approximate surface area is 105 Å². The Hall–Kier alpha value is -0.483. The number of hydrogen-bond acceptors (Lipinski definition) is 2. The number of aldehydes is 1. The first kappa shape index (κ1) is 16.5. The average molecular weight is 260 g/mol. The van der Waals surface area contributed by atoms with E-state index in [4.69, 9.17) is 4.43 Å². The van der Waals surface area contributed by atoms with E-state index in [1.54, 1.807) is 0 Å². The fourth-order valence-corrected chi connectivity index (χ4v) is 2.67. The molecule has 0 heterocycles. The van der Waals surface area contributed by atoms with Gasteiger partial charge in [0.15, 0.2) is 20.4 Å². The van der Waals surface area contributed by atoms with E-state index < -0.39 is 14.1 Å². The third-order valence-corrected chi connectivity index (χ3v) is 8.14. The monoisotopic (exact) mass is 260 g/mol. The molecule has 0 saturated carbocycles. The molecule has 0 aliphatic heterocycles.